The molecule has 0 aliphatic heterocycles. The smallest absolute Gasteiger partial charge is 0.128 e. The molecule has 0 heterocycles. The van der Waals surface area contributed by atoms with Gasteiger partial charge in [0.15, 0.2) is 0 Å². The standard InChI is InChI=1S/C14H24N2/c1-6-8-9-10-16(14(15)7-2)11-13(5)12(3)4/h7,9-12,15H,2,6,8H2,1,3-5H3/b10-9-,13-11+,15-14?. The Bertz CT molecular complexity index is 285. The van der Waals surface area contributed by atoms with Crippen LogP contribution in [0.2, 0.25) is 0 Å². The Labute approximate surface area is 99.9 Å². The molecule has 0 aromatic heterocycles. The molecule has 0 saturated heterocycles. The predicted molar refractivity (Wildman–Crippen MR) is 72.4 cm³/mol. The van der Waals surface area contributed by atoms with Gasteiger partial charge in [0.05, 0.1) is 0 Å². The molecule has 0 aliphatic carbocycles. The summed E-state index contributed by atoms with van der Waals surface area (Å²) in [5, 5.41) is 7.78. The number of allylic oxidation sites excluding steroid dienone is 2. The van der Waals surface area contributed by atoms with Crippen LogP contribution in [0, 0.1) is 11.3 Å². The van der Waals surface area contributed by atoms with E-state index in [1.54, 1.807) is 6.08 Å². The van der Waals surface area contributed by atoms with E-state index in [2.05, 4.69) is 40.3 Å². The van der Waals surface area contributed by atoms with Gasteiger partial charge in [-0.25, -0.2) is 0 Å². The molecule has 0 saturated carbocycles. The lowest BCUT2D eigenvalue weighted by Gasteiger charge is -2.17. The first kappa shape index (κ1) is 14.7. The number of amidine groups is 1. The van der Waals surface area contributed by atoms with E-state index in [1.165, 1.54) is 5.57 Å². The largest absolute Gasteiger partial charge is 0.310 e. The summed E-state index contributed by atoms with van der Waals surface area (Å²) in [4.78, 5) is 1.82. The summed E-state index contributed by atoms with van der Waals surface area (Å²) in [5.41, 5.74) is 1.26. The zero-order valence-electron chi connectivity index (χ0n) is 11.0. The van der Waals surface area contributed by atoms with Crippen molar-refractivity contribution < 1.29 is 0 Å². The topological polar surface area (TPSA) is 27.1 Å². The fraction of sp³-hybridized carbons (Fsp3) is 0.500. The normalized spacial score (nSPS) is 12.2. The Morgan fingerprint density at radius 3 is 2.50 bits per heavy atom. The maximum absolute atomic E-state index is 7.78. The number of nitrogens with one attached hydrogen (secondary N) is 1. The van der Waals surface area contributed by atoms with E-state index in [-0.39, 0.29) is 0 Å². The molecule has 0 fully saturated rings. The molecule has 0 bridgehead atoms. The van der Waals surface area contributed by atoms with Gasteiger partial charge >= 0.3 is 0 Å². The van der Waals surface area contributed by atoms with Crippen LogP contribution < -0.4 is 0 Å². The molecule has 0 aromatic carbocycles. The van der Waals surface area contributed by atoms with Gasteiger partial charge in [-0.2, -0.15) is 0 Å². The summed E-state index contributed by atoms with van der Waals surface area (Å²) in [7, 11) is 0. The average Bonchev–Trinajstić information content (AvgIpc) is 2.26. The Morgan fingerprint density at radius 2 is 2.06 bits per heavy atom. The van der Waals surface area contributed by atoms with Gasteiger partial charge in [-0.1, -0.05) is 45.4 Å². The van der Waals surface area contributed by atoms with Crippen molar-refractivity contribution in [2.24, 2.45) is 5.92 Å². The van der Waals surface area contributed by atoms with Gasteiger partial charge in [-0.15, -0.1) is 0 Å². The highest BCUT2D eigenvalue weighted by Crippen LogP contribution is 2.10. The summed E-state index contributed by atoms with van der Waals surface area (Å²) in [6, 6.07) is 0. The second kappa shape index (κ2) is 7.91. The second-order valence-corrected chi connectivity index (χ2v) is 4.20. The van der Waals surface area contributed by atoms with Crippen molar-refractivity contribution in [1.29, 1.82) is 5.41 Å². The average molecular weight is 220 g/mol. The van der Waals surface area contributed by atoms with Crippen LogP contribution in [0.5, 0.6) is 0 Å². The molecule has 0 amide bonds. The molecular weight excluding hydrogens is 196 g/mol. The van der Waals surface area contributed by atoms with E-state index < -0.39 is 0 Å². The van der Waals surface area contributed by atoms with Crippen LogP contribution in [0.3, 0.4) is 0 Å². The zero-order chi connectivity index (χ0) is 12.6. The van der Waals surface area contributed by atoms with Crippen LogP contribution in [0.15, 0.2) is 36.7 Å². The van der Waals surface area contributed by atoms with Gasteiger partial charge in [-0.05, 0) is 25.3 Å². The van der Waals surface area contributed by atoms with Gasteiger partial charge in [-0.3, -0.25) is 5.41 Å². The zero-order valence-corrected chi connectivity index (χ0v) is 11.0. The lowest BCUT2D eigenvalue weighted by molar-refractivity contribution is 0.690. The quantitative estimate of drug-likeness (QED) is 0.523. The van der Waals surface area contributed by atoms with Crippen molar-refractivity contribution in [3.8, 4) is 0 Å². The molecule has 0 unspecified atom stereocenters. The molecule has 2 heteroatoms. The van der Waals surface area contributed by atoms with Gasteiger partial charge in [0.1, 0.15) is 5.84 Å². The van der Waals surface area contributed by atoms with Crippen molar-refractivity contribution in [2.45, 2.75) is 40.5 Å². The highest BCUT2D eigenvalue weighted by atomic mass is 15.1. The third kappa shape index (κ3) is 5.54. The van der Waals surface area contributed by atoms with Crippen LogP contribution in [-0.4, -0.2) is 10.7 Å². The molecule has 0 spiro atoms. The van der Waals surface area contributed by atoms with E-state index >= 15 is 0 Å². The van der Waals surface area contributed by atoms with Crippen molar-refractivity contribution in [3.63, 3.8) is 0 Å². The number of nitrogens with zero attached hydrogens (tertiary/aromatic N) is 1. The highest BCUT2D eigenvalue weighted by Gasteiger charge is 2.02. The van der Waals surface area contributed by atoms with Crippen LogP contribution >= 0.6 is 0 Å². The molecule has 0 atom stereocenters. The van der Waals surface area contributed by atoms with Gasteiger partial charge in [0.2, 0.25) is 0 Å². The number of unbranched alkanes of at least 4 members (excludes halogenated alkanes) is 1. The number of hydrogen-bond acceptors (Lipinski definition) is 1. The maximum Gasteiger partial charge on any atom is 0.128 e. The van der Waals surface area contributed by atoms with Crippen molar-refractivity contribution in [1.82, 2.24) is 4.90 Å². The molecule has 0 aromatic rings. The van der Waals surface area contributed by atoms with Gasteiger partial charge < -0.3 is 4.90 Å². The Morgan fingerprint density at radius 1 is 1.44 bits per heavy atom. The van der Waals surface area contributed by atoms with Crippen molar-refractivity contribution >= 4 is 5.84 Å². The van der Waals surface area contributed by atoms with E-state index in [9.17, 15) is 0 Å². The monoisotopic (exact) mass is 220 g/mol. The predicted octanol–water partition coefficient (Wildman–Crippen LogP) is 4.33. The Balaban J connectivity index is 4.74. The SMILES string of the molecule is C=CC(=N)N(/C=C\CCC)/C=C(\C)C(C)C. The minimum Gasteiger partial charge on any atom is -0.310 e. The van der Waals surface area contributed by atoms with Crippen LogP contribution in [0.4, 0.5) is 0 Å². The first-order chi connectivity index (χ1) is 7.52. The third-order valence-electron chi connectivity index (χ3n) is 2.45. The molecule has 1 N–H and O–H groups in total. The first-order valence-electron chi connectivity index (χ1n) is 5.87. The van der Waals surface area contributed by atoms with Crippen molar-refractivity contribution in [2.75, 3.05) is 0 Å². The fourth-order valence-electron chi connectivity index (χ4n) is 1.02. The molecular formula is C14H24N2. The summed E-state index contributed by atoms with van der Waals surface area (Å²) in [6.07, 6.45) is 9.75. The lowest BCUT2D eigenvalue weighted by atomic mass is 10.1. The first-order valence-corrected chi connectivity index (χ1v) is 5.87. The summed E-state index contributed by atoms with van der Waals surface area (Å²) in [6.45, 7) is 12.2. The van der Waals surface area contributed by atoms with Gasteiger partial charge in [0, 0.05) is 12.4 Å². The number of rotatable bonds is 6. The maximum atomic E-state index is 7.78. The van der Waals surface area contributed by atoms with Crippen LogP contribution in [-0.2, 0) is 0 Å². The Hall–Kier alpha value is -1.31. The highest BCUT2D eigenvalue weighted by molar-refractivity contribution is 5.91. The molecule has 16 heavy (non-hydrogen) atoms. The van der Waals surface area contributed by atoms with E-state index in [0.29, 0.717) is 11.8 Å². The molecule has 0 radical (unpaired) electrons. The fourth-order valence-corrected chi connectivity index (χ4v) is 1.02. The van der Waals surface area contributed by atoms with E-state index in [0.717, 1.165) is 12.8 Å². The van der Waals surface area contributed by atoms with Crippen molar-refractivity contribution in [3.05, 3.63) is 36.7 Å². The molecule has 0 aliphatic rings. The van der Waals surface area contributed by atoms with Gasteiger partial charge in [0.25, 0.3) is 0 Å². The second-order valence-electron chi connectivity index (χ2n) is 4.20. The third-order valence-corrected chi connectivity index (χ3v) is 2.45. The van der Waals surface area contributed by atoms with E-state index in [1.807, 2.05) is 17.3 Å². The number of hydrogen-bond donors (Lipinski definition) is 1. The Kier molecular flexibility index (Phi) is 7.27. The summed E-state index contributed by atoms with van der Waals surface area (Å²) < 4.78 is 0. The molecule has 90 valence electrons. The van der Waals surface area contributed by atoms with Crippen LogP contribution in [0.1, 0.15) is 40.5 Å². The minimum atomic E-state index is 0.410. The summed E-state index contributed by atoms with van der Waals surface area (Å²) >= 11 is 0. The molecule has 2 nitrogen and oxygen atoms in total. The van der Waals surface area contributed by atoms with E-state index in [4.69, 9.17) is 5.41 Å². The molecule has 0 rings (SSSR count). The van der Waals surface area contributed by atoms with Crippen LogP contribution in [0.25, 0.3) is 0 Å². The summed E-state index contributed by atoms with van der Waals surface area (Å²) in [5.74, 6) is 0.909. The lowest BCUT2D eigenvalue weighted by Crippen LogP contribution is -2.17. The minimum absolute atomic E-state index is 0.410.